The highest BCUT2D eigenvalue weighted by Crippen LogP contribution is 2.15. The Morgan fingerprint density at radius 3 is 1.21 bits per heavy atom. The van der Waals surface area contributed by atoms with Gasteiger partial charge in [0.05, 0.1) is 20.1 Å². The predicted molar refractivity (Wildman–Crippen MR) is 51.9 cm³/mol. The lowest BCUT2D eigenvalue weighted by molar-refractivity contribution is -0.891. The molecular weight excluding hydrogens is 197 g/mol. The van der Waals surface area contributed by atoms with Gasteiger partial charge in [-0.05, 0) is 6.92 Å². The van der Waals surface area contributed by atoms with Gasteiger partial charge in [-0.2, -0.15) is 0 Å². The molecular formula is C8H20BF4N. The van der Waals surface area contributed by atoms with E-state index in [2.05, 4.69) is 41.8 Å². The van der Waals surface area contributed by atoms with Crippen molar-refractivity contribution in [2.75, 3.05) is 14.1 Å². The van der Waals surface area contributed by atoms with Crippen molar-refractivity contribution < 1.29 is 22.2 Å². The van der Waals surface area contributed by atoms with Crippen LogP contribution in [0.4, 0.5) is 17.3 Å². The number of nitrogens with one attached hydrogen (secondary N) is 1. The second-order valence-electron chi connectivity index (χ2n) is 4.66. The second kappa shape index (κ2) is 5.58. The van der Waals surface area contributed by atoms with Crippen LogP contribution in [-0.4, -0.2) is 27.4 Å². The minimum absolute atomic E-state index is 0.443. The number of rotatable bonds is 1. The first kappa shape index (κ1) is 16.2. The van der Waals surface area contributed by atoms with Gasteiger partial charge < -0.3 is 22.2 Å². The Kier molecular flexibility index (Phi) is 6.45. The zero-order valence-electron chi connectivity index (χ0n) is 9.67. The molecule has 0 saturated carbocycles. The summed E-state index contributed by atoms with van der Waals surface area (Å²) in [7, 11) is -1.59. The normalized spacial score (nSPS) is 14.8. The van der Waals surface area contributed by atoms with Gasteiger partial charge in [-0.25, -0.2) is 0 Å². The number of hydrogen-bond acceptors (Lipinski definition) is 0. The van der Waals surface area contributed by atoms with Crippen LogP contribution in [0.25, 0.3) is 0 Å². The van der Waals surface area contributed by atoms with Crippen LogP contribution in [0.1, 0.15) is 27.7 Å². The molecule has 88 valence electrons. The molecule has 1 nitrogen and oxygen atoms in total. The molecule has 1 N–H and O–H groups in total. The maximum absolute atomic E-state index is 9.75. The molecule has 0 aromatic heterocycles. The average Bonchev–Trinajstić information content (AvgIpc) is 1.79. The zero-order valence-corrected chi connectivity index (χ0v) is 9.67. The molecule has 0 spiro atoms. The van der Waals surface area contributed by atoms with Crippen molar-refractivity contribution in [2.45, 2.75) is 33.7 Å². The quantitative estimate of drug-likeness (QED) is 0.505. The van der Waals surface area contributed by atoms with Crippen LogP contribution in [0.5, 0.6) is 0 Å². The summed E-state index contributed by atoms with van der Waals surface area (Å²) < 4.78 is 39.0. The van der Waals surface area contributed by atoms with Gasteiger partial charge in [0.2, 0.25) is 0 Å². The van der Waals surface area contributed by atoms with Crippen LogP contribution < -0.4 is 4.90 Å². The zero-order chi connectivity index (χ0) is 12.2. The third-order valence-corrected chi connectivity index (χ3v) is 2.17. The van der Waals surface area contributed by atoms with Crippen molar-refractivity contribution in [3.8, 4) is 0 Å². The highest BCUT2D eigenvalue weighted by Gasteiger charge is 2.24. The number of quaternary nitrogens is 1. The highest BCUT2D eigenvalue weighted by atomic mass is 19.5. The standard InChI is InChI=1S/C8H19N.BF4/c1-7(9(5)6)8(2,3)4;2-1(3,4)5/h7H,1-6H3;/q;-1/p+1. The fourth-order valence-electron chi connectivity index (χ4n) is 0.866. The lowest BCUT2D eigenvalue weighted by atomic mass is 9.87. The van der Waals surface area contributed by atoms with Crippen LogP contribution in [0, 0.1) is 5.41 Å². The minimum atomic E-state index is -6.00. The van der Waals surface area contributed by atoms with Gasteiger partial charge in [0.25, 0.3) is 0 Å². The SMILES string of the molecule is CC([NH+](C)C)C(C)(C)C.F[B-](F)(F)F. The number of halogens is 4. The molecule has 1 unspecified atom stereocenters. The molecule has 0 aromatic carbocycles. The maximum atomic E-state index is 9.75. The third kappa shape index (κ3) is 14.3. The summed E-state index contributed by atoms with van der Waals surface area (Å²) in [6, 6.07) is 0.734. The average molecular weight is 217 g/mol. The molecule has 0 aromatic rings. The fourth-order valence-corrected chi connectivity index (χ4v) is 0.866. The molecule has 0 heterocycles. The molecule has 0 bridgehead atoms. The summed E-state index contributed by atoms with van der Waals surface area (Å²) in [5, 5.41) is 0. The molecule has 0 fully saturated rings. The van der Waals surface area contributed by atoms with E-state index < -0.39 is 7.25 Å². The summed E-state index contributed by atoms with van der Waals surface area (Å²) in [5.74, 6) is 0. The summed E-state index contributed by atoms with van der Waals surface area (Å²) in [6.45, 7) is 9.13. The Morgan fingerprint density at radius 1 is 1.00 bits per heavy atom. The summed E-state index contributed by atoms with van der Waals surface area (Å²) in [6.07, 6.45) is 0. The molecule has 0 aliphatic carbocycles. The molecule has 1 atom stereocenters. The van der Waals surface area contributed by atoms with Gasteiger partial charge in [0, 0.05) is 5.41 Å². The van der Waals surface area contributed by atoms with Crippen LogP contribution in [0.15, 0.2) is 0 Å². The molecule has 0 aliphatic heterocycles. The van der Waals surface area contributed by atoms with Gasteiger partial charge in [-0.15, -0.1) is 0 Å². The Morgan fingerprint density at radius 2 is 1.21 bits per heavy atom. The number of hydrogen-bond donors (Lipinski definition) is 1. The third-order valence-electron chi connectivity index (χ3n) is 2.17. The van der Waals surface area contributed by atoms with Gasteiger partial charge in [-0.1, -0.05) is 20.8 Å². The molecule has 0 rings (SSSR count). The van der Waals surface area contributed by atoms with Crippen LogP contribution in [0.3, 0.4) is 0 Å². The van der Waals surface area contributed by atoms with Crippen LogP contribution in [0.2, 0.25) is 0 Å². The first-order valence-corrected chi connectivity index (χ1v) is 4.53. The Balaban J connectivity index is 0. The lowest BCUT2D eigenvalue weighted by Crippen LogP contribution is -3.11. The monoisotopic (exact) mass is 217 g/mol. The van der Waals surface area contributed by atoms with E-state index in [0.29, 0.717) is 5.41 Å². The first-order valence-electron chi connectivity index (χ1n) is 4.53. The van der Waals surface area contributed by atoms with Crippen molar-refractivity contribution in [3.63, 3.8) is 0 Å². The van der Waals surface area contributed by atoms with Crippen LogP contribution in [-0.2, 0) is 0 Å². The molecule has 0 saturated heterocycles. The Bertz CT molecular complexity index is 144. The highest BCUT2D eigenvalue weighted by molar-refractivity contribution is 6.50. The van der Waals surface area contributed by atoms with E-state index in [-0.39, 0.29) is 0 Å². The van der Waals surface area contributed by atoms with E-state index in [1.807, 2.05) is 0 Å². The van der Waals surface area contributed by atoms with E-state index in [1.165, 1.54) is 4.90 Å². The van der Waals surface area contributed by atoms with Crippen molar-refractivity contribution in [1.29, 1.82) is 0 Å². The molecule has 0 amide bonds. The molecule has 6 heteroatoms. The summed E-state index contributed by atoms with van der Waals surface area (Å²) in [5.41, 5.74) is 0.443. The minimum Gasteiger partial charge on any atom is -0.418 e. The van der Waals surface area contributed by atoms with E-state index in [4.69, 9.17) is 0 Å². The van der Waals surface area contributed by atoms with Gasteiger partial charge >= 0.3 is 7.25 Å². The molecule has 0 aliphatic rings. The topological polar surface area (TPSA) is 4.44 Å². The van der Waals surface area contributed by atoms with Gasteiger partial charge in [0.1, 0.15) is 0 Å². The summed E-state index contributed by atoms with van der Waals surface area (Å²) >= 11 is 0. The van der Waals surface area contributed by atoms with Crippen molar-refractivity contribution >= 4 is 7.25 Å². The lowest BCUT2D eigenvalue weighted by Gasteiger charge is -2.29. The van der Waals surface area contributed by atoms with E-state index >= 15 is 0 Å². The molecule has 14 heavy (non-hydrogen) atoms. The van der Waals surface area contributed by atoms with Crippen LogP contribution >= 0.6 is 0 Å². The van der Waals surface area contributed by atoms with Gasteiger partial charge in [0.15, 0.2) is 0 Å². The molecule has 0 radical (unpaired) electrons. The van der Waals surface area contributed by atoms with Crippen molar-refractivity contribution in [3.05, 3.63) is 0 Å². The fraction of sp³-hybridized carbons (Fsp3) is 1.00. The van der Waals surface area contributed by atoms with Gasteiger partial charge in [-0.3, -0.25) is 0 Å². The van der Waals surface area contributed by atoms with E-state index in [9.17, 15) is 17.3 Å². The van der Waals surface area contributed by atoms with E-state index in [1.54, 1.807) is 0 Å². The predicted octanol–water partition coefficient (Wildman–Crippen LogP) is 1.87. The Labute approximate surface area is 83.6 Å². The van der Waals surface area contributed by atoms with E-state index in [0.717, 1.165) is 6.04 Å². The Hall–Kier alpha value is -0.255. The summed E-state index contributed by atoms with van der Waals surface area (Å²) in [4.78, 5) is 1.53. The first-order chi connectivity index (χ1) is 5.85. The largest absolute Gasteiger partial charge is 0.673 e. The maximum Gasteiger partial charge on any atom is 0.673 e. The smallest absolute Gasteiger partial charge is 0.418 e. The van der Waals surface area contributed by atoms with Crippen molar-refractivity contribution in [2.24, 2.45) is 5.41 Å². The van der Waals surface area contributed by atoms with Crippen molar-refractivity contribution in [1.82, 2.24) is 0 Å². The second-order valence-corrected chi connectivity index (χ2v) is 4.66.